The lowest BCUT2D eigenvalue weighted by molar-refractivity contribution is -0.129. The highest BCUT2D eigenvalue weighted by molar-refractivity contribution is 9.11. The summed E-state index contributed by atoms with van der Waals surface area (Å²) in [5.41, 5.74) is 1.08. The standard InChI is InChI=1S/C27H19Br2NO9/c1-33-21-9-15(10-22(34-2)24(21)35-3)25-30-18(27(32)39-25)7-14-6-16(28)11-17(29)23(14)38-26(31)13-4-5-19-20(8-13)37-12-36-19/h4-11H,12H2,1-3H3/b18-7-. The summed E-state index contributed by atoms with van der Waals surface area (Å²) in [4.78, 5) is 30.1. The molecule has 0 spiro atoms. The topological polar surface area (TPSA) is 111 Å². The fourth-order valence-corrected chi connectivity index (χ4v) is 5.19. The van der Waals surface area contributed by atoms with Crippen LogP contribution in [-0.4, -0.2) is 46.0 Å². The number of rotatable bonds is 7. The average molecular weight is 661 g/mol. The van der Waals surface area contributed by atoms with Crippen LogP contribution in [0, 0.1) is 0 Å². The first-order valence-corrected chi connectivity index (χ1v) is 12.8. The number of hydrogen-bond donors (Lipinski definition) is 0. The monoisotopic (exact) mass is 659 g/mol. The van der Waals surface area contributed by atoms with E-state index in [9.17, 15) is 9.59 Å². The van der Waals surface area contributed by atoms with Crippen LogP contribution in [-0.2, 0) is 9.53 Å². The first-order valence-electron chi connectivity index (χ1n) is 11.2. The molecule has 0 N–H and O–H groups in total. The summed E-state index contributed by atoms with van der Waals surface area (Å²) in [6.45, 7) is 0.0819. The van der Waals surface area contributed by atoms with Crippen LogP contribution in [0.2, 0.25) is 0 Å². The number of ether oxygens (including phenoxy) is 7. The van der Waals surface area contributed by atoms with Crippen molar-refractivity contribution < 1.29 is 42.7 Å². The van der Waals surface area contributed by atoms with Gasteiger partial charge in [0.1, 0.15) is 0 Å². The Kier molecular flexibility index (Phi) is 7.49. The number of hydrogen-bond acceptors (Lipinski definition) is 10. The Morgan fingerprint density at radius 3 is 2.33 bits per heavy atom. The summed E-state index contributed by atoms with van der Waals surface area (Å²) in [5.74, 6) is 1.02. The van der Waals surface area contributed by atoms with Gasteiger partial charge in [-0.2, -0.15) is 0 Å². The molecule has 2 heterocycles. The maximum atomic E-state index is 13.0. The lowest BCUT2D eigenvalue weighted by atomic mass is 10.1. The minimum Gasteiger partial charge on any atom is -0.493 e. The second kappa shape index (κ2) is 11.0. The molecular formula is C27H19Br2NO9. The molecule has 2 aliphatic heterocycles. The van der Waals surface area contributed by atoms with Gasteiger partial charge < -0.3 is 33.2 Å². The maximum Gasteiger partial charge on any atom is 0.363 e. The number of esters is 2. The molecule has 0 aromatic heterocycles. The quantitative estimate of drug-likeness (QED) is 0.183. The Hall–Kier alpha value is -4.03. The number of nitrogens with zero attached hydrogens (tertiary/aromatic N) is 1. The molecule has 3 aromatic carbocycles. The Balaban J connectivity index is 1.49. The zero-order valence-electron chi connectivity index (χ0n) is 20.7. The number of carbonyl (C=O) groups is 2. The summed E-state index contributed by atoms with van der Waals surface area (Å²) in [6, 6.07) is 11.4. The van der Waals surface area contributed by atoms with Gasteiger partial charge in [0, 0.05) is 15.6 Å². The van der Waals surface area contributed by atoms with E-state index in [2.05, 4.69) is 36.9 Å². The number of halogens is 2. The fourth-order valence-electron chi connectivity index (χ4n) is 3.85. The van der Waals surface area contributed by atoms with E-state index in [1.165, 1.54) is 33.5 Å². The van der Waals surface area contributed by atoms with Crippen molar-refractivity contribution in [3.63, 3.8) is 0 Å². The van der Waals surface area contributed by atoms with E-state index < -0.39 is 11.9 Å². The van der Waals surface area contributed by atoms with Gasteiger partial charge in [0.15, 0.2) is 34.4 Å². The Morgan fingerprint density at radius 2 is 1.64 bits per heavy atom. The smallest absolute Gasteiger partial charge is 0.363 e. The van der Waals surface area contributed by atoms with Crippen molar-refractivity contribution in [2.45, 2.75) is 0 Å². The van der Waals surface area contributed by atoms with Gasteiger partial charge in [-0.05, 0) is 64.5 Å². The van der Waals surface area contributed by atoms with E-state index in [0.717, 1.165) is 0 Å². The lowest BCUT2D eigenvalue weighted by Crippen LogP contribution is -2.10. The van der Waals surface area contributed by atoms with Crippen LogP contribution in [0.25, 0.3) is 6.08 Å². The number of cyclic esters (lactones) is 1. The van der Waals surface area contributed by atoms with Crippen LogP contribution in [0.15, 0.2) is 62.1 Å². The minimum absolute atomic E-state index is 0.0101. The van der Waals surface area contributed by atoms with Crippen molar-refractivity contribution in [3.8, 4) is 34.5 Å². The molecule has 5 rings (SSSR count). The molecule has 3 aromatic rings. The fraction of sp³-hybridized carbons (Fsp3) is 0.148. The lowest BCUT2D eigenvalue weighted by Gasteiger charge is -2.13. The van der Waals surface area contributed by atoms with Gasteiger partial charge in [0.05, 0.1) is 31.4 Å². The van der Waals surface area contributed by atoms with Crippen molar-refractivity contribution >= 4 is 55.8 Å². The van der Waals surface area contributed by atoms with Crippen LogP contribution in [0.3, 0.4) is 0 Å². The summed E-state index contributed by atoms with van der Waals surface area (Å²) in [7, 11) is 4.44. The van der Waals surface area contributed by atoms with Crippen molar-refractivity contribution in [1.82, 2.24) is 0 Å². The molecule has 0 radical (unpaired) electrons. The molecule has 12 heteroatoms. The Morgan fingerprint density at radius 1 is 0.923 bits per heavy atom. The third kappa shape index (κ3) is 5.30. The van der Waals surface area contributed by atoms with Crippen LogP contribution in [0.1, 0.15) is 21.5 Å². The molecule has 2 aliphatic rings. The summed E-state index contributed by atoms with van der Waals surface area (Å²) >= 11 is 6.86. The number of aliphatic imine (C=N–C) groups is 1. The number of benzene rings is 3. The number of fused-ring (bicyclic) bond motifs is 1. The first-order chi connectivity index (χ1) is 18.8. The summed E-state index contributed by atoms with van der Waals surface area (Å²) in [6.07, 6.45) is 1.46. The highest BCUT2D eigenvalue weighted by Gasteiger charge is 2.28. The van der Waals surface area contributed by atoms with Crippen molar-refractivity contribution in [1.29, 1.82) is 0 Å². The van der Waals surface area contributed by atoms with Gasteiger partial charge in [-0.25, -0.2) is 14.6 Å². The van der Waals surface area contributed by atoms with Gasteiger partial charge in [-0.1, -0.05) is 15.9 Å². The highest BCUT2D eigenvalue weighted by atomic mass is 79.9. The molecule has 0 amide bonds. The molecule has 0 fully saturated rings. The molecule has 0 atom stereocenters. The zero-order valence-corrected chi connectivity index (χ0v) is 23.9. The third-order valence-corrected chi connectivity index (χ3v) is 6.71. The number of methoxy groups -OCH3 is 3. The normalized spacial score (nSPS) is 14.6. The van der Waals surface area contributed by atoms with Gasteiger partial charge in [-0.3, -0.25) is 0 Å². The summed E-state index contributed by atoms with van der Waals surface area (Å²) < 4.78 is 39.0. The van der Waals surface area contributed by atoms with Gasteiger partial charge in [0.2, 0.25) is 18.4 Å². The van der Waals surface area contributed by atoms with Crippen molar-refractivity contribution in [2.24, 2.45) is 4.99 Å². The highest BCUT2D eigenvalue weighted by Crippen LogP contribution is 2.40. The van der Waals surface area contributed by atoms with Gasteiger partial charge in [-0.15, -0.1) is 0 Å². The second-order valence-corrected chi connectivity index (χ2v) is 9.78. The predicted octanol–water partition coefficient (Wildman–Crippen LogP) is 5.53. The van der Waals surface area contributed by atoms with E-state index in [-0.39, 0.29) is 29.7 Å². The number of carbonyl (C=O) groups excluding carboxylic acids is 2. The SMILES string of the molecule is COc1cc(C2=N/C(=C\c3cc(Br)cc(Br)c3OC(=O)c3ccc4c(c3)OCO4)C(=O)O2)cc(OC)c1OC. The molecular weight excluding hydrogens is 642 g/mol. The van der Waals surface area contributed by atoms with Gasteiger partial charge in [0.25, 0.3) is 0 Å². The largest absolute Gasteiger partial charge is 0.493 e. The summed E-state index contributed by atoms with van der Waals surface area (Å²) in [5, 5.41) is 0. The van der Waals surface area contributed by atoms with Crippen LogP contribution in [0.4, 0.5) is 0 Å². The molecule has 39 heavy (non-hydrogen) atoms. The van der Waals surface area contributed by atoms with E-state index in [1.807, 2.05) is 0 Å². The maximum absolute atomic E-state index is 13.0. The van der Waals surface area contributed by atoms with E-state index in [0.29, 0.717) is 48.8 Å². The third-order valence-electron chi connectivity index (χ3n) is 5.66. The molecule has 10 nitrogen and oxygen atoms in total. The molecule has 0 saturated heterocycles. The molecule has 200 valence electrons. The van der Waals surface area contributed by atoms with Crippen LogP contribution >= 0.6 is 31.9 Å². The average Bonchev–Trinajstić information content (AvgIpc) is 3.55. The molecule has 0 saturated carbocycles. The Bertz CT molecular complexity index is 1540. The molecule has 0 bridgehead atoms. The van der Waals surface area contributed by atoms with E-state index in [1.54, 1.807) is 36.4 Å². The Labute approximate surface area is 239 Å². The molecule has 0 unspecified atom stereocenters. The van der Waals surface area contributed by atoms with Crippen LogP contribution < -0.4 is 28.4 Å². The van der Waals surface area contributed by atoms with E-state index in [4.69, 9.17) is 33.2 Å². The van der Waals surface area contributed by atoms with Gasteiger partial charge >= 0.3 is 11.9 Å². The van der Waals surface area contributed by atoms with Crippen molar-refractivity contribution in [3.05, 3.63) is 73.8 Å². The van der Waals surface area contributed by atoms with E-state index >= 15 is 0 Å². The second-order valence-electron chi connectivity index (χ2n) is 8.01. The van der Waals surface area contributed by atoms with Crippen LogP contribution in [0.5, 0.6) is 34.5 Å². The molecule has 0 aliphatic carbocycles. The van der Waals surface area contributed by atoms with Crippen molar-refractivity contribution in [2.75, 3.05) is 28.1 Å². The zero-order chi connectivity index (χ0) is 27.7. The first kappa shape index (κ1) is 26.6. The minimum atomic E-state index is -0.692. The predicted molar refractivity (Wildman–Crippen MR) is 146 cm³/mol.